The summed E-state index contributed by atoms with van der Waals surface area (Å²) in [5.74, 6) is -0.713. The minimum atomic E-state index is -0.350. The van der Waals surface area contributed by atoms with Gasteiger partial charge in [0.05, 0.1) is 5.92 Å². The minimum absolute atomic E-state index is 0.0126. The van der Waals surface area contributed by atoms with Crippen LogP contribution >= 0.6 is 0 Å². The number of hydrogen-bond acceptors (Lipinski definition) is 3. The zero-order valence-electron chi connectivity index (χ0n) is 17.3. The second-order valence-electron chi connectivity index (χ2n) is 7.88. The highest BCUT2D eigenvalue weighted by Crippen LogP contribution is 2.22. The second-order valence-corrected chi connectivity index (χ2v) is 7.88. The summed E-state index contributed by atoms with van der Waals surface area (Å²) in [6.07, 6.45) is 0.236. The lowest BCUT2D eigenvalue weighted by Gasteiger charge is -2.20. The lowest BCUT2D eigenvalue weighted by atomic mass is 10.1. The Kier molecular flexibility index (Phi) is 6.01. The maximum absolute atomic E-state index is 12.5. The Morgan fingerprint density at radius 3 is 2.34 bits per heavy atom. The van der Waals surface area contributed by atoms with Crippen LogP contribution in [0.2, 0.25) is 0 Å². The summed E-state index contributed by atoms with van der Waals surface area (Å²) in [7, 11) is 0. The van der Waals surface area contributed by atoms with Crippen LogP contribution in [-0.4, -0.2) is 35.2 Å². The van der Waals surface area contributed by atoms with Crippen LogP contribution in [0.5, 0.6) is 0 Å². The van der Waals surface area contributed by atoms with Gasteiger partial charge in [0, 0.05) is 35.9 Å². The van der Waals surface area contributed by atoms with Crippen molar-refractivity contribution in [3.8, 4) is 0 Å². The molecular formula is C23H27N3O3. The third-order valence-electron chi connectivity index (χ3n) is 5.21. The largest absolute Gasteiger partial charge is 0.339 e. The molecule has 3 amide bonds. The molecule has 0 saturated carbocycles. The fraction of sp³-hybridized carbons (Fsp3) is 0.348. The van der Waals surface area contributed by atoms with Gasteiger partial charge in [-0.2, -0.15) is 0 Å². The lowest BCUT2D eigenvalue weighted by Crippen LogP contribution is -2.33. The van der Waals surface area contributed by atoms with Gasteiger partial charge in [0.1, 0.15) is 0 Å². The molecule has 2 N–H and O–H groups in total. The van der Waals surface area contributed by atoms with Gasteiger partial charge in [-0.05, 0) is 69.2 Å². The predicted octanol–water partition coefficient (Wildman–Crippen LogP) is 3.75. The lowest BCUT2D eigenvalue weighted by molar-refractivity contribution is -0.129. The van der Waals surface area contributed by atoms with Crippen molar-refractivity contribution in [2.45, 2.75) is 40.2 Å². The minimum Gasteiger partial charge on any atom is -0.339 e. The monoisotopic (exact) mass is 393 g/mol. The molecule has 0 spiro atoms. The van der Waals surface area contributed by atoms with E-state index < -0.39 is 0 Å². The number of rotatable bonds is 5. The van der Waals surface area contributed by atoms with E-state index in [0.29, 0.717) is 17.8 Å². The van der Waals surface area contributed by atoms with Crippen LogP contribution < -0.4 is 10.6 Å². The Bertz CT molecular complexity index is 935. The van der Waals surface area contributed by atoms with Crippen molar-refractivity contribution >= 4 is 29.1 Å². The van der Waals surface area contributed by atoms with Gasteiger partial charge < -0.3 is 15.5 Å². The van der Waals surface area contributed by atoms with E-state index in [-0.39, 0.29) is 36.1 Å². The summed E-state index contributed by atoms with van der Waals surface area (Å²) in [6.45, 7) is 8.26. The van der Waals surface area contributed by atoms with E-state index in [4.69, 9.17) is 0 Å². The highest BCUT2D eigenvalue weighted by atomic mass is 16.2. The fourth-order valence-corrected chi connectivity index (χ4v) is 3.42. The first-order valence-corrected chi connectivity index (χ1v) is 9.83. The van der Waals surface area contributed by atoms with Crippen molar-refractivity contribution in [2.75, 3.05) is 17.2 Å². The number of aryl methyl sites for hydroxylation is 2. The molecule has 3 rings (SSSR count). The second kappa shape index (κ2) is 8.47. The van der Waals surface area contributed by atoms with Crippen LogP contribution in [-0.2, 0) is 9.59 Å². The van der Waals surface area contributed by atoms with E-state index in [1.807, 2.05) is 45.9 Å². The predicted molar refractivity (Wildman–Crippen MR) is 114 cm³/mol. The van der Waals surface area contributed by atoms with E-state index in [0.717, 1.165) is 16.8 Å². The average Bonchev–Trinajstić information content (AvgIpc) is 3.07. The van der Waals surface area contributed by atoms with Crippen LogP contribution in [0.25, 0.3) is 0 Å². The van der Waals surface area contributed by atoms with Gasteiger partial charge in [-0.1, -0.05) is 12.1 Å². The number of hydrogen-bond donors (Lipinski definition) is 2. The van der Waals surface area contributed by atoms with Gasteiger partial charge in [-0.15, -0.1) is 0 Å². The molecule has 1 unspecified atom stereocenters. The summed E-state index contributed by atoms with van der Waals surface area (Å²) in [4.78, 5) is 38.7. The van der Waals surface area contributed by atoms with Crippen molar-refractivity contribution in [2.24, 2.45) is 5.92 Å². The first-order valence-electron chi connectivity index (χ1n) is 9.83. The standard InChI is InChI=1S/C23H27N3O3/c1-14(2)26-13-18(12-21(26)27)23(29)24-19-9-7-17(8-10-19)22(28)25-20-11-15(3)5-6-16(20)4/h5-11,14,18H,12-13H2,1-4H3,(H,24,29)(H,25,28). The number of carbonyl (C=O) groups excluding carboxylic acids is 3. The van der Waals surface area contributed by atoms with Crippen LogP contribution in [0.3, 0.4) is 0 Å². The van der Waals surface area contributed by atoms with Crippen LogP contribution in [0.1, 0.15) is 41.8 Å². The third kappa shape index (κ3) is 4.83. The molecule has 1 aliphatic rings. The Hall–Kier alpha value is -3.15. The molecule has 0 radical (unpaired) electrons. The van der Waals surface area contributed by atoms with E-state index in [1.54, 1.807) is 29.2 Å². The van der Waals surface area contributed by atoms with Gasteiger partial charge in [-0.25, -0.2) is 0 Å². The smallest absolute Gasteiger partial charge is 0.255 e. The van der Waals surface area contributed by atoms with Crippen molar-refractivity contribution in [3.63, 3.8) is 0 Å². The zero-order valence-corrected chi connectivity index (χ0v) is 17.3. The first kappa shape index (κ1) is 20.6. The molecule has 1 atom stereocenters. The summed E-state index contributed by atoms with van der Waals surface area (Å²) >= 11 is 0. The number of anilines is 2. The van der Waals surface area contributed by atoms with Gasteiger partial charge in [0.15, 0.2) is 0 Å². The molecule has 1 aliphatic heterocycles. The van der Waals surface area contributed by atoms with E-state index in [1.165, 1.54) is 0 Å². The van der Waals surface area contributed by atoms with Gasteiger partial charge in [0.2, 0.25) is 11.8 Å². The number of benzene rings is 2. The summed E-state index contributed by atoms with van der Waals surface area (Å²) in [6, 6.07) is 12.8. The number of amides is 3. The first-order chi connectivity index (χ1) is 13.7. The van der Waals surface area contributed by atoms with Crippen molar-refractivity contribution in [1.82, 2.24) is 4.90 Å². The Morgan fingerprint density at radius 1 is 1.03 bits per heavy atom. The molecule has 6 heteroatoms. The van der Waals surface area contributed by atoms with Crippen molar-refractivity contribution < 1.29 is 14.4 Å². The van der Waals surface area contributed by atoms with Crippen molar-refractivity contribution in [3.05, 3.63) is 59.2 Å². The summed E-state index contributed by atoms with van der Waals surface area (Å²) in [5, 5.41) is 5.77. The van der Waals surface area contributed by atoms with Crippen LogP contribution in [0.4, 0.5) is 11.4 Å². The normalized spacial score (nSPS) is 16.2. The van der Waals surface area contributed by atoms with E-state index >= 15 is 0 Å². The number of nitrogens with one attached hydrogen (secondary N) is 2. The molecule has 0 bridgehead atoms. The van der Waals surface area contributed by atoms with Crippen LogP contribution in [0, 0.1) is 19.8 Å². The third-order valence-corrected chi connectivity index (χ3v) is 5.21. The molecule has 1 fully saturated rings. The average molecular weight is 393 g/mol. The molecule has 29 heavy (non-hydrogen) atoms. The Morgan fingerprint density at radius 2 is 1.72 bits per heavy atom. The number of likely N-dealkylation sites (tertiary alicyclic amines) is 1. The molecule has 6 nitrogen and oxygen atoms in total. The molecule has 1 saturated heterocycles. The van der Waals surface area contributed by atoms with Crippen LogP contribution in [0.15, 0.2) is 42.5 Å². The molecule has 2 aromatic rings. The topological polar surface area (TPSA) is 78.5 Å². The molecule has 0 aliphatic carbocycles. The van der Waals surface area contributed by atoms with Gasteiger partial charge >= 0.3 is 0 Å². The quantitative estimate of drug-likeness (QED) is 0.812. The maximum Gasteiger partial charge on any atom is 0.255 e. The molecular weight excluding hydrogens is 366 g/mol. The fourth-order valence-electron chi connectivity index (χ4n) is 3.42. The SMILES string of the molecule is Cc1ccc(C)c(NC(=O)c2ccc(NC(=O)C3CC(=O)N(C(C)C)C3)cc2)c1. The number of carbonyl (C=O) groups is 3. The van der Waals surface area contributed by atoms with Gasteiger partial charge in [0.25, 0.3) is 5.91 Å². The molecule has 1 heterocycles. The van der Waals surface area contributed by atoms with Gasteiger partial charge in [-0.3, -0.25) is 14.4 Å². The van der Waals surface area contributed by atoms with E-state index in [2.05, 4.69) is 10.6 Å². The molecule has 152 valence electrons. The van der Waals surface area contributed by atoms with E-state index in [9.17, 15) is 14.4 Å². The Balaban J connectivity index is 1.61. The Labute approximate surface area is 171 Å². The summed E-state index contributed by atoms with van der Waals surface area (Å²) in [5.41, 5.74) is 3.97. The van der Waals surface area contributed by atoms with Crippen molar-refractivity contribution in [1.29, 1.82) is 0 Å². The molecule has 0 aromatic heterocycles. The number of nitrogens with zero attached hydrogens (tertiary/aromatic N) is 1. The molecule has 2 aromatic carbocycles. The summed E-state index contributed by atoms with van der Waals surface area (Å²) < 4.78 is 0. The highest BCUT2D eigenvalue weighted by molar-refractivity contribution is 6.05. The highest BCUT2D eigenvalue weighted by Gasteiger charge is 2.35. The maximum atomic E-state index is 12.5. The zero-order chi connectivity index (χ0) is 21.1.